The zero-order valence-electron chi connectivity index (χ0n) is 18.7. The molecule has 1 atom stereocenters. The first-order valence-electron chi connectivity index (χ1n) is 11.1. The van der Waals surface area contributed by atoms with Crippen LogP contribution in [-0.4, -0.2) is 21.8 Å². The molecule has 0 aliphatic carbocycles. The molecule has 0 saturated carbocycles. The Balaban J connectivity index is 1.41. The summed E-state index contributed by atoms with van der Waals surface area (Å²) in [5.41, 5.74) is 0.788. The van der Waals surface area contributed by atoms with E-state index in [9.17, 15) is 14.4 Å². The second-order valence-corrected chi connectivity index (χ2v) is 9.57. The number of fused-ring (bicyclic) bond motifs is 1. The van der Waals surface area contributed by atoms with E-state index in [1.165, 1.54) is 11.8 Å². The molecule has 0 fully saturated rings. The predicted octanol–water partition coefficient (Wildman–Crippen LogP) is 5.38. The smallest absolute Gasteiger partial charge is 0.258 e. The van der Waals surface area contributed by atoms with Crippen molar-refractivity contribution in [2.45, 2.75) is 22.1 Å². The van der Waals surface area contributed by atoms with Gasteiger partial charge in [0.25, 0.3) is 5.56 Å². The highest BCUT2D eigenvalue weighted by molar-refractivity contribution is 7.99. The number of amides is 2. The average molecular weight is 518 g/mol. The Morgan fingerprint density at radius 1 is 1.00 bits per heavy atom. The standard InChI is InChI=1S/C26H20ClN5O3S/c27-15-7-6-8-16(13-15)28-26-31-23-22(25(35)32-26)18(14-21(33)30-23)24(34)29-19-11-4-5-12-20(19)36-17-9-2-1-3-10-17/h1-13,18H,14H2,(H,29,34)(H3,28,30,31,32,33,35). The van der Waals surface area contributed by atoms with Crippen molar-refractivity contribution in [2.24, 2.45) is 0 Å². The molecule has 5 rings (SSSR count). The van der Waals surface area contributed by atoms with Crippen LogP contribution in [0.1, 0.15) is 17.9 Å². The van der Waals surface area contributed by atoms with Crippen LogP contribution in [0.25, 0.3) is 0 Å². The molecule has 36 heavy (non-hydrogen) atoms. The summed E-state index contributed by atoms with van der Waals surface area (Å²) in [6.45, 7) is 0. The number of anilines is 4. The van der Waals surface area contributed by atoms with E-state index in [0.717, 1.165) is 9.79 Å². The van der Waals surface area contributed by atoms with Crippen molar-refractivity contribution in [3.05, 3.63) is 99.8 Å². The third-order valence-corrected chi connectivity index (χ3v) is 6.79. The maximum absolute atomic E-state index is 13.3. The molecule has 180 valence electrons. The van der Waals surface area contributed by atoms with Gasteiger partial charge < -0.3 is 16.0 Å². The summed E-state index contributed by atoms with van der Waals surface area (Å²) in [7, 11) is 0. The maximum atomic E-state index is 13.3. The lowest BCUT2D eigenvalue weighted by Crippen LogP contribution is -2.36. The zero-order chi connectivity index (χ0) is 25.1. The van der Waals surface area contributed by atoms with E-state index in [1.807, 2.05) is 48.5 Å². The van der Waals surface area contributed by atoms with Crippen LogP contribution in [-0.2, 0) is 9.59 Å². The van der Waals surface area contributed by atoms with Gasteiger partial charge in [0.1, 0.15) is 5.82 Å². The van der Waals surface area contributed by atoms with E-state index < -0.39 is 23.3 Å². The third kappa shape index (κ3) is 5.27. The van der Waals surface area contributed by atoms with Crippen LogP contribution in [0.2, 0.25) is 5.02 Å². The molecule has 1 aromatic heterocycles. The van der Waals surface area contributed by atoms with Gasteiger partial charge in [-0.15, -0.1) is 0 Å². The minimum Gasteiger partial charge on any atom is -0.326 e. The number of carbonyl (C=O) groups is 2. The lowest BCUT2D eigenvalue weighted by molar-refractivity contribution is -0.123. The number of nitrogens with one attached hydrogen (secondary N) is 4. The molecule has 0 spiro atoms. The molecule has 1 unspecified atom stereocenters. The van der Waals surface area contributed by atoms with Gasteiger partial charge in [0.15, 0.2) is 0 Å². The fraction of sp³-hybridized carbons (Fsp3) is 0.0769. The van der Waals surface area contributed by atoms with Crippen LogP contribution in [0.5, 0.6) is 0 Å². The summed E-state index contributed by atoms with van der Waals surface area (Å²) in [6, 6.07) is 24.0. The summed E-state index contributed by atoms with van der Waals surface area (Å²) < 4.78 is 0. The van der Waals surface area contributed by atoms with Crippen LogP contribution in [0, 0.1) is 0 Å². The number of H-pyrrole nitrogens is 1. The Morgan fingerprint density at radius 3 is 2.58 bits per heavy atom. The number of aromatic amines is 1. The topological polar surface area (TPSA) is 116 Å². The number of para-hydroxylation sites is 1. The Labute approximate surface area is 215 Å². The van der Waals surface area contributed by atoms with Gasteiger partial charge >= 0.3 is 0 Å². The van der Waals surface area contributed by atoms with E-state index in [2.05, 4.69) is 25.9 Å². The molecule has 2 heterocycles. The number of rotatable bonds is 6. The van der Waals surface area contributed by atoms with Crippen molar-refractivity contribution in [3.63, 3.8) is 0 Å². The van der Waals surface area contributed by atoms with Gasteiger partial charge in [0.2, 0.25) is 17.8 Å². The Morgan fingerprint density at radius 2 is 1.78 bits per heavy atom. The van der Waals surface area contributed by atoms with Crippen molar-refractivity contribution in [1.29, 1.82) is 0 Å². The number of hydrogen-bond acceptors (Lipinski definition) is 6. The zero-order valence-corrected chi connectivity index (χ0v) is 20.3. The first-order chi connectivity index (χ1) is 17.5. The number of carbonyl (C=O) groups excluding carboxylic acids is 2. The van der Waals surface area contributed by atoms with Crippen LogP contribution in [0.3, 0.4) is 0 Å². The maximum Gasteiger partial charge on any atom is 0.258 e. The van der Waals surface area contributed by atoms with E-state index in [4.69, 9.17) is 11.6 Å². The summed E-state index contributed by atoms with van der Waals surface area (Å²) >= 11 is 7.52. The van der Waals surface area contributed by atoms with Crippen molar-refractivity contribution < 1.29 is 9.59 Å². The Kier molecular flexibility index (Phi) is 6.75. The van der Waals surface area contributed by atoms with Gasteiger partial charge in [0.05, 0.1) is 17.2 Å². The fourth-order valence-electron chi connectivity index (χ4n) is 3.85. The number of hydrogen-bond donors (Lipinski definition) is 4. The lowest BCUT2D eigenvalue weighted by atomic mass is 9.92. The predicted molar refractivity (Wildman–Crippen MR) is 141 cm³/mol. The minimum atomic E-state index is -1.000. The molecule has 2 amide bonds. The summed E-state index contributed by atoms with van der Waals surface area (Å²) in [4.78, 5) is 47.6. The Bertz CT molecular complexity index is 1510. The molecule has 4 N–H and O–H groups in total. The van der Waals surface area contributed by atoms with Crippen LogP contribution in [0.15, 0.2) is 93.4 Å². The highest BCUT2D eigenvalue weighted by Gasteiger charge is 2.35. The molecule has 0 radical (unpaired) electrons. The van der Waals surface area contributed by atoms with E-state index in [0.29, 0.717) is 16.4 Å². The van der Waals surface area contributed by atoms with E-state index in [1.54, 1.807) is 30.3 Å². The molecular formula is C26H20ClN5O3S. The van der Waals surface area contributed by atoms with Crippen molar-refractivity contribution in [3.8, 4) is 0 Å². The van der Waals surface area contributed by atoms with Crippen LogP contribution in [0.4, 0.5) is 23.1 Å². The monoisotopic (exact) mass is 517 g/mol. The highest BCUT2D eigenvalue weighted by atomic mass is 35.5. The molecule has 0 bridgehead atoms. The quantitative estimate of drug-likeness (QED) is 0.273. The average Bonchev–Trinajstić information content (AvgIpc) is 2.85. The molecule has 3 aromatic carbocycles. The summed E-state index contributed by atoms with van der Waals surface area (Å²) in [5.74, 6) is -1.70. The number of aromatic nitrogens is 2. The molecule has 10 heteroatoms. The fourth-order valence-corrected chi connectivity index (χ4v) is 4.96. The van der Waals surface area contributed by atoms with E-state index >= 15 is 0 Å². The minimum absolute atomic E-state index is 0.0478. The largest absolute Gasteiger partial charge is 0.326 e. The van der Waals surface area contributed by atoms with Crippen molar-refractivity contribution in [2.75, 3.05) is 16.0 Å². The lowest BCUT2D eigenvalue weighted by Gasteiger charge is -2.24. The van der Waals surface area contributed by atoms with Crippen molar-refractivity contribution in [1.82, 2.24) is 9.97 Å². The van der Waals surface area contributed by atoms with Gasteiger partial charge in [-0.3, -0.25) is 19.4 Å². The van der Waals surface area contributed by atoms with Crippen LogP contribution >= 0.6 is 23.4 Å². The van der Waals surface area contributed by atoms with E-state index in [-0.39, 0.29) is 23.8 Å². The summed E-state index contributed by atoms with van der Waals surface area (Å²) in [6.07, 6.45) is -0.168. The van der Waals surface area contributed by atoms with Crippen LogP contribution < -0.4 is 21.5 Å². The Hall–Kier alpha value is -4.08. The normalized spacial score (nSPS) is 14.5. The molecule has 1 aliphatic rings. The van der Waals surface area contributed by atoms with Gasteiger partial charge in [-0.2, -0.15) is 4.98 Å². The summed E-state index contributed by atoms with van der Waals surface area (Å²) in [5, 5.41) is 8.98. The van der Waals surface area contributed by atoms with Gasteiger partial charge in [-0.1, -0.05) is 59.8 Å². The van der Waals surface area contributed by atoms with Gasteiger partial charge in [0, 0.05) is 26.9 Å². The SMILES string of the molecule is O=C1CC(C(=O)Nc2ccccc2Sc2ccccc2)c2c(nc(Nc3cccc(Cl)c3)[nH]c2=O)N1. The molecule has 8 nitrogen and oxygen atoms in total. The van der Waals surface area contributed by atoms with Gasteiger partial charge in [-0.05, 0) is 42.5 Å². The molecule has 1 aliphatic heterocycles. The number of halogens is 1. The number of nitrogens with zero attached hydrogens (tertiary/aromatic N) is 1. The first-order valence-corrected chi connectivity index (χ1v) is 12.2. The second-order valence-electron chi connectivity index (χ2n) is 8.02. The molecular weight excluding hydrogens is 498 g/mol. The molecule has 0 saturated heterocycles. The van der Waals surface area contributed by atoms with Gasteiger partial charge in [-0.25, -0.2) is 0 Å². The molecule has 4 aromatic rings. The first kappa shape index (κ1) is 23.7. The third-order valence-electron chi connectivity index (χ3n) is 5.47. The highest BCUT2D eigenvalue weighted by Crippen LogP contribution is 2.35. The second kappa shape index (κ2) is 10.3. The number of benzene rings is 3. The van der Waals surface area contributed by atoms with Crippen molar-refractivity contribution >= 4 is 58.3 Å².